The summed E-state index contributed by atoms with van der Waals surface area (Å²) in [7, 11) is 0. The molecule has 0 nitrogen and oxygen atoms in total. The molecule has 0 saturated carbocycles. The van der Waals surface area contributed by atoms with E-state index in [0.717, 1.165) is 23.7 Å². The third-order valence-electron chi connectivity index (χ3n) is 4.57. The fourth-order valence-electron chi connectivity index (χ4n) is 3.46. The van der Waals surface area contributed by atoms with Gasteiger partial charge in [0.2, 0.25) is 0 Å². The molecule has 0 saturated heterocycles. The highest BCUT2D eigenvalue weighted by Gasteiger charge is 2.34. The van der Waals surface area contributed by atoms with Crippen LogP contribution >= 0.6 is 0 Å². The van der Waals surface area contributed by atoms with Crippen molar-refractivity contribution in [1.82, 2.24) is 0 Å². The van der Waals surface area contributed by atoms with Crippen LogP contribution in [0.5, 0.6) is 0 Å². The molecule has 0 heteroatoms. The molecule has 0 heterocycles. The minimum Gasteiger partial charge on any atom is -0.0662 e. The van der Waals surface area contributed by atoms with Crippen molar-refractivity contribution in [3.8, 4) is 0 Å². The fourth-order valence-corrected chi connectivity index (χ4v) is 3.46. The number of allylic oxidation sites excluding steroid dienone is 4. The zero-order chi connectivity index (χ0) is 12.6. The van der Waals surface area contributed by atoms with Crippen molar-refractivity contribution >= 4 is 0 Å². The van der Waals surface area contributed by atoms with Gasteiger partial charge in [-0.15, -0.1) is 0 Å². The summed E-state index contributed by atoms with van der Waals surface area (Å²) in [6.07, 6.45) is 0. The highest BCUT2D eigenvalue weighted by Crippen LogP contribution is 2.45. The van der Waals surface area contributed by atoms with Crippen LogP contribution in [0.4, 0.5) is 0 Å². The molecule has 92 valence electrons. The molecular formula is C16H28. The monoisotopic (exact) mass is 220 g/mol. The van der Waals surface area contributed by atoms with Crippen molar-refractivity contribution in [2.45, 2.75) is 55.4 Å². The van der Waals surface area contributed by atoms with E-state index >= 15 is 0 Å². The van der Waals surface area contributed by atoms with Crippen LogP contribution in [0.1, 0.15) is 55.4 Å². The van der Waals surface area contributed by atoms with E-state index in [9.17, 15) is 0 Å². The van der Waals surface area contributed by atoms with Gasteiger partial charge in [-0.3, -0.25) is 0 Å². The Morgan fingerprint density at radius 2 is 0.875 bits per heavy atom. The van der Waals surface area contributed by atoms with Gasteiger partial charge >= 0.3 is 0 Å². The second-order valence-corrected chi connectivity index (χ2v) is 6.16. The SMILES string of the molecule is CC1=C(C)C(C(C)C)C(C(C)C)C(C)=C1C. The van der Waals surface area contributed by atoms with E-state index in [1.807, 2.05) is 0 Å². The van der Waals surface area contributed by atoms with Gasteiger partial charge in [0.15, 0.2) is 0 Å². The number of hydrogen-bond donors (Lipinski definition) is 0. The smallest absolute Gasteiger partial charge is 0.0109 e. The summed E-state index contributed by atoms with van der Waals surface area (Å²) in [6, 6.07) is 0. The predicted octanol–water partition coefficient (Wildman–Crippen LogP) is 5.22. The van der Waals surface area contributed by atoms with Crippen molar-refractivity contribution in [1.29, 1.82) is 0 Å². The minimum atomic E-state index is 0.740. The average Bonchev–Trinajstić information content (AvgIpc) is 2.18. The molecule has 0 spiro atoms. The predicted molar refractivity (Wildman–Crippen MR) is 73.4 cm³/mol. The summed E-state index contributed by atoms with van der Waals surface area (Å²) in [4.78, 5) is 0. The largest absolute Gasteiger partial charge is 0.0662 e. The molecule has 0 aromatic carbocycles. The van der Waals surface area contributed by atoms with Crippen molar-refractivity contribution in [2.75, 3.05) is 0 Å². The van der Waals surface area contributed by atoms with Crippen molar-refractivity contribution in [2.24, 2.45) is 23.7 Å². The van der Waals surface area contributed by atoms with E-state index in [1.165, 1.54) is 11.1 Å². The minimum absolute atomic E-state index is 0.740. The lowest BCUT2D eigenvalue weighted by atomic mass is 9.65. The molecule has 1 rings (SSSR count). The van der Waals surface area contributed by atoms with Crippen LogP contribution in [-0.4, -0.2) is 0 Å². The van der Waals surface area contributed by atoms with Crippen LogP contribution in [-0.2, 0) is 0 Å². The molecule has 0 aliphatic heterocycles. The maximum Gasteiger partial charge on any atom is -0.0109 e. The summed E-state index contributed by atoms with van der Waals surface area (Å²) >= 11 is 0. The first-order valence-electron chi connectivity index (χ1n) is 6.64. The molecule has 0 amide bonds. The lowest BCUT2D eigenvalue weighted by Gasteiger charge is -2.40. The quantitative estimate of drug-likeness (QED) is 0.598. The van der Waals surface area contributed by atoms with Gasteiger partial charge in [-0.1, -0.05) is 38.8 Å². The second kappa shape index (κ2) is 4.77. The normalized spacial score (nSPS) is 27.4. The van der Waals surface area contributed by atoms with E-state index in [-0.39, 0.29) is 0 Å². The van der Waals surface area contributed by atoms with Crippen LogP contribution in [0, 0.1) is 23.7 Å². The van der Waals surface area contributed by atoms with Gasteiger partial charge < -0.3 is 0 Å². The van der Waals surface area contributed by atoms with Gasteiger partial charge in [0.1, 0.15) is 0 Å². The molecule has 2 unspecified atom stereocenters. The molecule has 0 aromatic rings. The fraction of sp³-hybridized carbons (Fsp3) is 0.750. The molecule has 2 atom stereocenters. The summed E-state index contributed by atoms with van der Waals surface area (Å²) in [5.41, 5.74) is 6.31. The number of hydrogen-bond acceptors (Lipinski definition) is 0. The van der Waals surface area contributed by atoms with Crippen molar-refractivity contribution < 1.29 is 0 Å². The van der Waals surface area contributed by atoms with Gasteiger partial charge in [0.05, 0.1) is 0 Å². The van der Waals surface area contributed by atoms with Crippen LogP contribution in [0.15, 0.2) is 22.3 Å². The Labute approximate surface area is 102 Å². The van der Waals surface area contributed by atoms with Crippen molar-refractivity contribution in [3.05, 3.63) is 22.3 Å². The lowest BCUT2D eigenvalue weighted by molar-refractivity contribution is 0.260. The summed E-state index contributed by atoms with van der Waals surface area (Å²) in [5.74, 6) is 2.96. The first-order valence-corrected chi connectivity index (χ1v) is 6.64. The highest BCUT2D eigenvalue weighted by atomic mass is 14.4. The van der Waals surface area contributed by atoms with Crippen LogP contribution in [0.25, 0.3) is 0 Å². The van der Waals surface area contributed by atoms with Crippen LogP contribution in [0.3, 0.4) is 0 Å². The molecule has 1 aliphatic carbocycles. The van der Waals surface area contributed by atoms with E-state index in [0.29, 0.717) is 0 Å². The summed E-state index contributed by atoms with van der Waals surface area (Å²) in [5, 5.41) is 0. The van der Waals surface area contributed by atoms with Gasteiger partial charge in [0, 0.05) is 0 Å². The van der Waals surface area contributed by atoms with E-state index < -0.39 is 0 Å². The molecule has 0 N–H and O–H groups in total. The topological polar surface area (TPSA) is 0 Å². The first-order chi connectivity index (χ1) is 7.29. The lowest BCUT2D eigenvalue weighted by Crippen LogP contribution is -2.30. The molecular weight excluding hydrogens is 192 g/mol. The third kappa shape index (κ3) is 2.12. The van der Waals surface area contributed by atoms with Gasteiger partial charge in [-0.2, -0.15) is 0 Å². The summed E-state index contributed by atoms with van der Waals surface area (Å²) < 4.78 is 0. The Kier molecular flexibility index (Phi) is 4.04. The standard InChI is InChI=1S/C16H28/c1-9(2)15-13(7)11(5)12(6)14(8)16(15)10(3)4/h9-10,15-16H,1-8H3. The zero-order valence-corrected chi connectivity index (χ0v) is 12.3. The maximum atomic E-state index is 2.37. The Hall–Kier alpha value is -0.520. The zero-order valence-electron chi connectivity index (χ0n) is 12.3. The van der Waals surface area contributed by atoms with Gasteiger partial charge in [0.25, 0.3) is 0 Å². The van der Waals surface area contributed by atoms with E-state index in [1.54, 1.807) is 11.1 Å². The molecule has 16 heavy (non-hydrogen) atoms. The highest BCUT2D eigenvalue weighted by molar-refractivity contribution is 5.42. The van der Waals surface area contributed by atoms with Crippen LogP contribution < -0.4 is 0 Å². The first kappa shape index (κ1) is 13.5. The molecule has 0 aromatic heterocycles. The number of rotatable bonds is 2. The molecule has 0 radical (unpaired) electrons. The Bertz CT molecular complexity index is 292. The third-order valence-corrected chi connectivity index (χ3v) is 4.57. The van der Waals surface area contributed by atoms with Gasteiger partial charge in [-0.25, -0.2) is 0 Å². The molecule has 0 bridgehead atoms. The van der Waals surface area contributed by atoms with Crippen molar-refractivity contribution in [3.63, 3.8) is 0 Å². The summed E-state index contributed by atoms with van der Waals surface area (Å²) in [6.45, 7) is 18.7. The molecule has 0 fully saturated rings. The van der Waals surface area contributed by atoms with Gasteiger partial charge in [-0.05, 0) is 62.5 Å². The average molecular weight is 220 g/mol. The Balaban J connectivity index is 3.28. The second-order valence-electron chi connectivity index (χ2n) is 6.16. The molecule has 1 aliphatic rings. The van der Waals surface area contributed by atoms with E-state index in [4.69, 9.17) is 0 Å². The van der Waals surface area contributed by atoms with Crippen LogP contribution in [0.2, 0.25) is 0 Å². The Morgan fingerprint density at radius 3 is 1.06 bits per heavy atom. The maximum absolute atomic E-state index is 2.37. The Morgan fingerprint density at radius 1 is 0.625 bits per heavy atom. The van der Waals surface area contributed by atoms with E-state index in [2.05, 4.69) is 55.4 Å².